The van der Waals surface area contributed by atoms with E-state index >= 15 is 0 Å². The van der Waals surface area contributed by atoms with Crippen molar-refractivity contribution in [3.05, 3.63) is 42.2 Å². The molecule has 1 aromatic heterocycles. The SMILES string of the molecule is COC(CNC(=O)c1cnn(-c2ccccc2)n1)C(=O)O. The van der Waals surface area contributed by atoms with E-state index in [1.54, 1.807) is 12.1 Å². The van der Waals surface area contributed by atoms with Gasteiger partial charge in [-0.25, -0.2) is 4.79 Å². The molecule has 0 bridgehead atoms. The van der Waals surface area contributed by atoms with Crippen LogP contribution in [0, 0.1) is 0 Å². The molecule has 1 atom stereocenters. The van der Waals surface area contributed by atoms with Gasteiger partial charge in [0, 0.05) is 7.11 Å². The topological polar surface area (TPSA) is 106 Å². The standard InChI is InChI=1S/C13H14N4O4/c1-21-11(13(19)20)8-14-12(18)10-7-15-17(16-10)9-5-3-2-4-6-9/h2-7,11H,8H2,1H3,(H,14,18)(H,19,20). The summed E-state index contributed by atoms with van der Waals surface area (Å²) in [4.78, 5) is 23.9. The second-order valence-electron chi connectivity index (χ2n) is 4.13. The molecule has 2 N–H and O–H groups in total. The van der Waals surface area contributed by atoms with E-state index < -0.39 is 18.0 Å². The Hall–Kier alpha value is -2.74. The highest BCUT2D eigenvalue weighted by molar-refractivity contribution is 5.92. The molecule has 1 aromatic carbocycles. The van der Waals surface area contributed by atoms with Crippen LogP contribution < -0.4 is 5.32 Å². The number of methoxy groups -OCH3 is 1. The number of carbonyl (C=O) groups is 2. The van der Waals surface area contributed by atoms with Crippen molar-refractivity contribution < 1.29 is 19.4 Å². The first kappa shape index (κ1) is 14.7. The van der Waals surface area contributed by atoms with E-state index in [9.17, 15) is 9.59 Å². The van der Waals surface area contributed by atoms with Gasteiger partial charge in [-0.1, -0.05) is 18.2 Å². The number of ether oxygens (including phenoxy) is 1. The summed E-state index contributed by atoms with van der Waals surface area (Å²) in [6.07, 6.45) is 0.211. The molecule has 110 valence electrons. The highest BCUT2D eigenvalue weighted by Gasteiger charge is 2.19. The summed E-state index contributed by atoms with van der Waals surface area (Å²) in [6, 6.07) is 9.11. The summed E-state index contributed by atoms with van der Waals surface area (Å²) in [6.45, 7) is -0.150. The lowest BCUT2D eigenvalue weighted by Gasteiger charge is -2.10. The second kappa shape index (κ2) is 6.62. The fourth-order valence-corrected chi connectivity index (χ4v) is 1.60. The van der Waals surface area contributed by atoms with Crippen molar-refractivity contribution in [2.24, 2.45) is 0 Å². The lowest BCUT2D eigenvalue weighted by atomic mass is 10.3. The van der Waals surface area contributed by atoms with Gasteiger partial charge in [-0.2, -0.15) is 9.90 Å². The number of hydrogen-bond acceptors (Lipinski definition) is 5. The Morgan fingerprint density at radius 1 is 1.38 bits per heavy atom. The van der Waals surface area contributed by atoms with Crippen LogP contribution in [0.3, 0.4) is 0 Å². The fourth-order valence-electron chi connectivity index (χ4n) is 1.60. The minimum Gasteiger partial charge on any atom is -0.479 e. The average Bonchev–Trinajstić information content (AvgIpc) is 2.98. The molecule has 0 aliphatic carbocycles. The summed E-state index contributed by atoms with van der Waals surface area (Å²) >= 11 is 0. The van der Waals surface area contributed by atoms with Crippen molar-refractivity contribution in [2.45, 2.75) is 6.10 Å². The molecule has 1 heterocycles. The summed E-state index contributed by atoms with van der Waals surface area (Å²) in [5, 5.41) is 19.3. The van der Waals surface area contributed by atoms with Gasteiger partial charge in [0.25, 0.3) is 5.91 Å². The molecule has 21 heavy (non-hydrogen) atoms. The number of rotatable bonds is 6. The lowest BCUT2D eigenvalue weighted by Crippen LogP contribution is -2.38. The molecule has 0 aliphatic rings. The molecular formula is C13H14N4O4. The average molecular weight is 290 g/mol. The van der Waals surface area contributed by atoms with Crippen LogP contribution in [0.5, 0.6) is 0 Å². The molecule has 0 spiro atoms. The molecule has 1 amide bonds. The Balaban J connectivity index is 2.01. The Bertz CT molecular complexity index is 626. The Morgan fingerprint density at radius 3 is 2.71 bits per heavy atom. The van der Waals surface area contributed by atoms with Gasteiger partial charge in [-0.05, 0) is 12.1 Å². The summed E-state index contributed by atoms with van der Waals surface area (Å²) in [7, 11) is 1.26. The quantitative estimate of drug-likeness (QED) is 0.781. The van der Waals surface area contributed by atoms with Gasteiger partial charge < -0.3 is 15.2 Å². The van der Waals surface area contributed by atoms with Crippen molar-refractivity contribution in [1.29, 1.82) is 0 Å². The third kappa shape index (κ3) is 3.63. The van der Waals surface area contributed by atoms with Gasteiger partial charge in [0.1, 0.15) is 0 Å². The number of hydrogen-bond donors (Lipinski definition) is 2. The first-order chi connectivity index (χ1) is 10.1. The van der Waals surface area contributed by atoms with E-state index in [0.717, 1.165) is 5.69 Å². The number of carboxylic acids is 1. The largest absolute Gasteiger partial charge is 0.479 e. The second-order valence-corrected chi connectivity index (χ2v) is 4.13. The van der Waals surface area contributed by atoms with E-state index in [2.05, 4.69) is 15.5 Å². The minimum atomic E-state index is -1.15. The molecule has 0 aliphatic heterocycles. The molecular weight excluding hydrogens is 276 g/mol. The molecule has 8 heteroatoms. The number of amides is 1. The highest BCUT2D eigenvalue weighted by Crippen LogP contribution is 2.04. The van der Waals surface area contributed by atoms with Gasteiger partial charge in [-0.3, -0.25) is 4.79 Å². The summed E-state index contributed by atoms with van der Waals surface area (Å²) in [5.41, 5.74) is 0.816. The number of carbonyl (C=O) groups excluding carboxylic acids is 1. The van der Waals surface area contributed by atoms with Crippen LogP contribution in [0.1, 0.15) is 10.5 Å². The molecule has 2 aromatic rings. The van der Waals surface area contributed by atoms with Crippen LogP contribution in [0.15, 0.2) is 36.5 Å². The zero-order valence-corrected chi connectivity index (χ0v) is 11.3. The highest BCUT2D eigenvalue weighted by atomic mass is 16.5. The van der Waals surface area contributed by atoms with Crippen molar-refractivity contribution >= 4 is 11.9 Å². The van der Waals surface area contributed by atoms with Gasteiger partial charge in [0.15, 0.2) is 11.8 Å². The van der Waals surface area contributed by atoms with E-state index in [1.807, 2.05) is 18.2 Å². The van der Waals surface area contributed by atoms with E-state index in [1.165, 1.54) is 18.1 Å². The third-order valence-electron chi connectivity index (χ3n) is 2.72. The Kier molecular flexibility index (Phi) is 4.62. The fraction of sp³-hybridized carbons (Fsp3) is 0.231. The number of nitrogens with one attached hydrogen (secondary N) is 1. The zero-order valence-electron chi connectivity index (χ0n) is 11.3. The van der Waals surface area contributed by atoms with Crippen LogP contribution in [-0.2, 0) is 9.53 Å². The molecule has 0 radical (unpaired) electrons. The van der Waals surface area contributed by atoms with E-state index in [0.29, 0.717) is 0 Å². The first-order valence-corrected chi connectivity index (χ1v) is 6.13. The van der Waals surface area contributed by atoms with Gasteiger partial charge >= 0.3 is 5.97 Å². The van der Waals surface area contributed by atoms with Gasteiger partial charge in [-0.15, -0.1) is 5.10 Å². The predicted molar refractivity (Wildman–Crippen MR) is 72.1 cm³/mol. The number of carboxylic acid groups (broad SMARTS) is 1. The maximum atomic E-state index is 11.9. The van der Waals surface area contributed by atoms with Crippen LogP contribution in [0.25, 0.3) is 5.69 Å². The van der Waals surface area contributed by atoms with Crippen molar-refractivity contribution in [2.75, 3.05) is 13.7 Å². The molecule has 2 rings (SSSR count). The smallest absolute Gasteiger partial charge is 0.334 e. The number of benzene rings is 1. The predicted octanol–water partition coefficient (Wildman–Crippen LogP) is 0.0967. The van der Waals surface area contributed by atoms with E-state index in [-0.39, 0.29) is 12.2 Å². The molecule has 0 saturated carbocycles. The van der Waals surface area contributed by atoms with E-state index in [4.69, 9.17) is 9.84 Å². The van der Waals surface area contributed by atoms with Crippen LogP contribution in [-0.4, -0.2) is 51.7 Å². The summed E-state index contributed by atoms with van der Waals surface area (Å²) in [5.74, 6) is -1.66. The molecule has 0 saturated heterocycles. The first-order valence-electron chi connectivity index (χ1n) is 6.13. The van der Waals surface area contributed by atoms with Crippen molar-refractivity contribution in [1.82, 2.24) is 20.3 Å². The molecule has 0 fully saturated rings. The van der Waals surface area contributed by atoms with Crippen LogP contribution in [0.2, 0.25) is 0 Å². The Labute approximate surface area is 120 Å². The molecule has 1 unspecified atom stereocenters. The third-order valence-corrected chi connectivity index (χ3v) is 2.72. The maximum absolute atomic E-state index is 11.9. The van der Waals surface area contributed by atoms with Crippen LogP contribution in [0.4, 0.5) is 0 Å². The van der Waals surface area contributed by atoms with Gasteiger partial charge in [0.2, 0.25) is 0 Å². The summed E-state index contributed by atoms with van der Waals surface area (Å²) < 4.78 is 4.72. The van der Waals surface area contributed by atoms with Crippen molar-refractivity contribution in [3.63, 3.8) is 0 Å². The zero-order chi connectivity index (χ0) is 15.2. The lowest BCUT2D eigenvalue weighted by molar-refractivity contribution is -0.148. The minimum absolute atomic E-state index is 0.0964. The van der Waals surface area contributed by atoms with Crippen molar-refractivity contribution in [3.8, 4) is 5.69 Å². The number of aliphatic carboxylic acids is 1. The van der Waals surface area contributed by atoms with Gasteiger partial charge in [0.05, 0.1) is 18.4 Å². The number of nitrogens with zero attached hydrogens (tertiary/aromatic N) is 3. The molecule has 8 nitrogen and oxygen atoms in total. The van der Waals surface area contributed by atoms with Crippen LogP contribution >= 0.6 is 0 Å². The Morgan fingerprint density at radius 2 is 2.10 bits per heavy atom. The number of para-hydroxylation sites is 1. The maximum Gasteiger partial charge on any atom is 0.334 e. The number of aromatic nitrogens is 3. The monoisotopic (exact) mass is 290 g/mol. The normalized spacial score (nSPS) is 11.9.